The SMILES string of the molecule is O=C(COc1ccc(Cl)cc1)Nc1ccc(NCc2cccnc2)nn1. The second kappa shape index (κ2) is 8.77. The van der Waals surface area contributed by atoms with E-state index in [2.05, 4.69) is 25.8 Å². The van der Waals surface area contributed by atoms with Gasteiger partial charge in [-0.25, -0.2) is 0 Å². The first kappa shape index (κ1) is 17.6. The van der Waals surface area contributed by atoms with Gasteiger partial charge >= 0.3 is 0 Å². The number of hydrogen-bond acceptors (Lipinski definition) is 6. The molecule has 2 aromatic heterocycles. The molecule has 1 amide bonds. The molecule has 7 nitrogen and oxygen atoms in total. The fourth-order valence-corrected chi connectivity index (χ4v) is 2.17. The van der Waals surface area contributed by atoms with E-state index in [-0.39, 0.29) is 12.5 Å². The van der Waals surface area contributed by atoms with Crippen molar-refractivity contribution >= 4 is 29.1 Å². The van der Waals surface area contributed by atoms with E-state index >= 15 is 0 Å². The van der Waals surface area contributed by atoms with Gasteiger partial charge in [-0.05, 0) is 48.0 Å². The molecular formula is C18H16ClN5O2. The maximum atomic E-state index is 11.9. The number of ether oxygens (including phenoxy) is 1. The largest absolute Gasteiger partial charge is 0.484 e. The second-order valence-corrected chi connectivity index (χ2v) is 5.75. The minimum Gasteiger partial charge on any atom is -0.484 e. The maximum Gasteiger partial charge on any atom is 0.263 e. The Balaban J connectivity index is 1.45. The van der Waals surface area contributed by atoms with E-state index in [9.17, 15) is 4.79 Å². The van der Waals surface area contributed by atoms with Gasteiger partial charge < -0.3 is 15.4 Å². The molecule has 2 heterocycles. The summed E-state index contributed by atoms with van der Waals surface area (Å²) in [5.41, 5.74) is 1.03. The molecule has 0 saturated carbocycles. The van der Waals surface area contributed by atoms with E-state index in [0.717, 1.165) is 5.56 Å². The van der Waals surface area contributed by atoms with Gasteiger partial charge in [0.1, 0.15) is 11.6 Å². The quantitative estimate of drug-likeness (QED) is 0.665. The van der Waals surface area contributed by atoms with Crippen molar-refractivity contribution in [1.29, 1.82) is 0 Å². The summed E-state index contributed by atoms with van der Waals surface area (Å²) < 4.78 is 5.37. The van der Waals surface area contributed by atoms with E-state index in [0.29, 0.717) is 29.0 Å². The van der Waals surface area contributed by atoms with Crippen LogP contribution >= 0.6 is 11.6 Å². The van der Waals surface area contributed by atoms with Gasteiger partial charge in [-0.3, -0.25) is 9.78 Å². The highest BCUT2D eigenvalue weighted by molar-refractivity contribution is 6.30. The predicted molar refractivity (Wildman–Crippen MR) is 99.2 cm³/mol. The number of nitrogens with zero attached hydrogens (tertiary/aromatic N) is 3. The molecule has 0 saturated heterocycles. The molecule has 0 unspecified atom stereocenters. The predicted octanol–water partition coefficient (Wildman–Crippen LogP) is 3.15. The summed E-state index contributed by atoms with van der Waals surface area (Å²) in [4.78, 5) is 15.9. The fraction of sp³-hybridized carbons (Fsp3) is 0.111. The lowest BCUT2D eigenvalue weighted by atomic mass is 10.3. The molecule has 8 heteroatoms. The lowest BCUT2D eigenvalue weighted by Gasteiger charge is -2.08. The molecule has 2 N–H and O–H groups in total. The number of hydrogen-bond donors (Lipinski definition) is 2. The molecule has 3 aromatic rings. The van der Waals surface area contributed by atoms with Crippen molar-refractivity contribution in [1.82, 2.24) is 15.2 Å². The Morgan fingerprint density at radius 2 is 1.81 bits per heavy atom. The van der Waals surface area contributed by atoms with Crippen LogP contribution in [0.15, 0.2) is 60.9 Å². The number of carbonyl (C=O) groups excluding carboxylic acids is 1. The molecule has 132 valence electrons. The van der Waals surface area contributed by atoms with Crippen LogP contribution in [0.1, 0.15) is 5.56 Å². The van der Waals surface area contributed by atoms with Crippen LogP contribution in [0.4, 0.5) is 11.6 Å². The molecular weight excluding hydrogens is 354 g/mol. The third-order valence-electron chi connectivity index (χ3n) is 3.31. The lowest BCUT2D eigenvalue weighted by Crippen LogP contribution is -2.21. The van der Waals surface area contributed by atoms with Gasteiger partial charge in [0.15, 0.2) is 12.4 Å². The van der Waals surface area contributed by atoms with E-state index in [4.69, 9.17) is 16.3 Å². The summed E-state index contributed by atoms with van der Waals surface area (Å²) in [6.07, 6.45) is 3.49. The molecule has 0 aliphatic heterocycles. The van der Waals surface area contributed by atoms with Gasteiger partial charge in [0.2, 0.25) is 0 Å². The maximum absolute atomic E-state index is 11.9. The molecule has 1 aromatic carbocycles. The summed E-state index contributed by atoms with van der Waals surface area (Å²) in [6.45, 7) is 0.452. The average molecular weight is 370 g/mol. The summed E-state index contributed by atoms with van der Waals surface area (Å²) in [6, 6.07) is 14.0. The fourth-order valence-electron chi connectivity index (χ4n) is 2.05. The topological polar surface area (TPSA) is 89.0 Å². The van der Waals surface area contributed by atoms with Crippen molar-refractivity contribution in [2.75, 3.05) is 17.2 Å². The number of anilines is 2. The smallest absolute Gasteiger partial charge is 0.263 e. The van der Waals surface area contributed by atoms with E-state index in [1.807, 2.05) is 12.1 Å². The van der Waals surface area contributed by atoms with Crippen molar-refractivity contribution in [3.63, 3.8) is 0 Å². The Labute approximate surface area is 155 Å². The van der Waals surface area contributed by atoms with E-state index < -0.39 is 0 Å². The monoisotopic (exact) mass is 369 g/mol. The number of nitrogens with one attached hydrogen (secondary N) is 2. The summed E-state index contributed by atoms with van der Waals surface area (Å²) in [5.74, 6) is 1.18. The Morgan fingerprint density at radius 1 is 1.04 bits per heavy atom. The van der Waals surface area contributed by atoms with Crippen LogP contribution in [0.25, 0.3) is 0 Å². The number of amides is 1. The summed E-state index contributed by atoms with van der Waals surface area (Å²) >= 11 is 5.79. The van der Waals surface area contributed by atoms with E-state index in [1.54, 1.807) is 48.8 Å². The molecule has 0 aliphatic rings. The first-order chi connectivity index (χ1) is 12.7. The molecule has 0 radical (unpaired) electrons. The summed E-state index contributed by atoms with van der Waals surface area (Å²) in [5, 5.41) is 14.3. The molecule has 0 atom stereocenters. The van der Waals surface area contributed by atoms with Crippen molar-refractivity contribution < 1.29 is 9.53 Å². The van der Waals surface area contributed by atoms with Crippen LogP contribution < -0.4 is 15.4 Å². The highest BCUT2D eigenvalue weighted by atomic mass is 35.5. The van der Waals surface area contributed by atoms with Crippen LogP contribution in [-0.4, -0.2) is 27.7 Å². The number of pyridine rings is 1. The molecule has 0 aliphatic carbocycles. The van der Waals surface area contributed by atoms with Crippen molar-refractivity contribution in [2.24, 2.45) is 0 Å². The minimum absolute atomic E-state index is 0.135. The molecule has 0 fully saturated rings. The molecule has 3 rings (SSSR count). The van der Waals surface area contributed by atoms with Crippen LogP contribution in [0.2, 0.25) is 5.02 Å². The van der Waals surface area contributed by atoms with Gasteiger partial charge in [-0.1, -0.05) is 17.7 Å². The van der Waals surface area contributed by atoms with E-state index in [1.165, 1.54) is 0 Å². The van der Waals surface area contributed by atoms with Gasteiger partial charge in [0.05, 0.1) is 0 Å². The van der Waals surface area contributed by atoms with Gasteiger partial charge in [-0.2, -0.15) is 0 Å². The standard InChI is InChI=1S/C18H16ClN5O2/c19-14-3-5-15(6-4-14)26-12-18(25)22-17-8-7-16(23-24-17)21-11-13-2-1-9-20-10-13/h1-10H,11-12H2,(H,21,23)(H,22,24,25). The summed E-state index contributed by atoms with van der Waals surface area (Å²) in [7, 11) is 0. The average Bonchev–Trinajstić information content (AvgIpc) is 2.68. The van der Waals surface area contributed by atoms with Crippen LogP contribution in [0.3, 0.4) is 0 Å². The normalized spacial score (nSPS) is 10.2. The Hall–Kier alpha value is -3.19. The Kier molecular flexibility index (Phi) is 5.95. The Bertz CT molecular complexity index is 842. The van der Waals surface area contributed by atoms with Gasteiger partial charge in [0.25, 0.3) is 5.91 Å². The van der Waals surface area contributed by atoms with Crippen LogP contribution in [0.5, 0.6) is 5.75 Å². The van der Waals surface area contributed by atoms with Crippen molar-refractivity contribution in [3.05, 3.63) is 71.5 Å². The highest BCUT2D eigenvalue weighted by Crippen LogP contribution is 2.15. The van der Waals surface area contributed by atoms with Crippen molar-refractivity contribution in [2.45, 2.75) is 6.54 Å². The first-order valence-electron chi connectivity index (χ1n) is 7.84. The molecule has 0 spiro atoms. The molecule has 26 heavy (non-hydrogen) atoms. The number of aromatic nitrogens is 3. The van der Waals surface area contributed by atoms with Crippen LogP contribution in [-0.2, 0) is 11.3 Å². The minimum atomic E-state index is -0.328. The number of carbonyl (C=O) groups is 1. The second-order valence-electron chi connectivity index (χ2n) is 5.31. The third kappa shape index (κ3) is 5.42. The zero-order chi connectivity index (χ0) is 18.2. The van der Waals surface area contributed by atoms with Crippen molar-refractivity contribution in [3.8, 4) is 5.75 Å². The number of benzene rings is 1. The Morgan fingerprint density at radius 3 is 2.50 bits per heavy atom. The molecule has 0 bridgehead atoms. The first-order valence-corrected chi connectivity index (χ1v) is 8.21. The zero-order valence-corrected chi connectivity index (χ0v) is 14.5. The zero-order valence-electron chi connectivity index (χ0n) is 13.7. The lowest BCUT2D eigenvalue weighted by molar-refractivity contribution is -0.118. The van der Waals surface area contributed by atoms with Crippen LogP contribution in [0, 0.1) is 0 Å². The third-order valence-corrected chi connectivity index (χ3v) is 3.56. The highest BCUT2D eigenvalue weighted by Gasteiger charge is 2.06. The number of halogens is 1. The number of rotatable bonds is 7. The van der Waals surface area contributed by atoms with Gasteiger partial charge in [0, 0.05) is 24.0 Å². The van der Waals surface area contributed by atoms with Gasteiger partial charge in [-0.15, -0.1) is 10.2 Å².